The fraction of sp³-hybridized carbons (Fsp3) is 0.625. The van der Waals surface area contributed by atoms with Crippen molar-refractivity contribution in [3.63, 3.8) is 0 Å². The molecule has 2 rings (SSSR count). The van der Waals surface area contributed by atoms with E-state index in [9.17, 15) is 0 Å². The van der Waals surface area contributed by atoms with E-state index in [1.807, 2.05) is 0 Å². The molecule has 1 heterocycles. The van der Waals surface area contributed by atoms with Gasteiger partial charge in [-0.2, -0.15) is 0 Å². The molecular formula is C16H27N3O. The van der Waals surface area contributed by atoms with Gasteiger partial charge in [-0.05, 0) is 17.7 Å². The number of benzene rings is 1. The van der Waals surface area contributed by atoms with Crippen molar-refractivity contribution in [3.05, 3.63) is 29.8 Å². The van der Waals surface area contributed by atoms with Crippen LogP contribution < -0.4 is 10.2 Å². The fourth-order valence-electron chi connectivity index (χ4n) is 2.52. The molecule has 112 valence electrons. The van der Waals surface area contributed by atoms with Crippen molar-refractivity contribution in [2.75, 3.05) is 44.2 Å². The van der Waals surface area contributed by atoms with E-state index >= 15 is 0 Å². The predicted molar refractivity (Wildman–Crippen MR) is 84.2 cm³/mol. The maximum Gasteiger partial charge on any atom is 0.0558 e. The number of aliphatic hydroxyl groups is 1. The Morgan fingerprint density at radius 1 is 1.10 bits per heavy atom. The lowest BCUT2D eigenvalue weighted by molar-refractivity contribution is 0.189. The highest BCUT2D eigenvalue weighted by Gasteiger charge is 2.16. The molecule has 0 amide bonds. The summed E-state index contributed by atoms with van der Waals surface area (Å²) in [4.78, 5) is 4.74. The molecule has 0 radical (unpaired) electrons. The highest BCUT2D eigenvalue weighted by molar-refractivity contribution is 5.48. The molecule has 0 aromatic heterocycles. The highest BCUT2D eigenvalue weighted by Crippen LogP contribution is 2.17. The van der Waals surface area contributed by atoms with E-state index in [1.54, 1.807) is 0 Å². The first-order chi connectivity index (χ1) is 9.69. The second kappa shape index (κ2) is 7.62. The van der Waals surface area contributed by atoms with Crippen molar-refractivity contribution in [1.82, 2.24) is 10.2 Å². The number of nitrogens with zero attached hydrogens (tertiary/aromatic N) is 2. The molecule has 1 aromatic carbocycles. The normalized spacial score (nSPS) is 16.9. The maximum absolute atomic E-state index is 8.96. The van der Waals surface area contributed by atoms with Gasteiger partial charge in [-0.25, -0.2) is 0 Å². The molecule has 0 bridgehead atoms. The predicted octanol–water partition coefficient (Wildman–Crippen LogP) is 1.30. The molecule has 0 atom stereocenters. The Kier molecular flexibility index (Phi) is 5.83. The number of hydrogen-bond donors (Lipinski definition) is 2. The Hall–Kier alpha value is -1.10. The van der Waals surface area contributed by atoms with Crippen LogP contribution in [0.5, 0.6) is 0 Å². The van der Waals surface area contributed by atoms with Crippen LogP contribution in [-0.4, -0.2) is 55.4 Å². The lowest BCUT2D eigenvalue weighted by atomic mass is 10.1. The number of β-amino-alcohol motifs (C(OH)–C–C–N with tert-alkyl or cyclic N) is 1. The molecule has 4 heteroatoms. The maximum atomic E-state index is 8.96. The SMILES string of the molecule is CC(C)NCc1ccc(N2CCN(CCO)CC2)cc1. The zero-order valence-electron chi connectivity index (χ0n) is 12.7. The van der Waals surface area contributed by atoms with E-state index < -0.39 is 0 Å². The van der Waals surface area contributed by atoms with E-state index in [-0.39, 0.29) is 6.61 Å². The lowest BCUT2D eigenvalue weighted by Gasteiger charge is -2.35. The van der Waals surface area contributed by atoms with Crippen LogP contribution in [0.2, 0.25) is 0 Å². The Balaban J connectivity index is 1.84. The molecule has 0 spiro atoms. The first kappa shape index (κ1) is 15.3. The molecule has 1 aromatic rings. The number of nitrogens with one attached hydrogen (secondary N) is 1. The summed E-state index contributed by atoms with van der Waals surface area (Å²) >= 11 is 0. The van der Waals surface area contributed by atoms with Crippen molar-refractivity contribution in [2.45, 2.75) is 26.4 Å². The van der Waals surface area contributed by atoms with E-state index in [0.29, 0.717) is 6.04 Å². The van der Waals surface area contributed by atoms with Crippen LogP contribution in [0.25, 0.3) is 0 Å². The molecule has 4 nitrogen and oxygen atoms in total. The van der Waals surface area contributed by atoms with Gasteiger partial charge in [0.05, 0.1) is 6.61 Å². The number of hydrogen-bond acceptors (Lipinski definition) is 4. The first-order valence-corrected chi connectivity index (χ1v) is 7.59. The molecule has 1 aliphatic rings. The molecule has 0 aliphatic carbocycles. The van der Waals surface area contributed by atoms with E-state index in [1.165, 1.54) is 11.3 Å². The number of aliphatic hydroxyl groups excluding tert-OH is 1. The van der Waals surface area contributed by atoms with Crippen LogP contribution in [0.15, 0.2) is 24.3 Å². The third-order valence-electron chi connectivity index (χ3n) is 3.80. The van der Waals surface area contributed by atoms with Gasteiger partial charge in [0.15, 0.2) is 0 Å². The smallest absolute Gasteiger partial charge is 0.0558 e. The molecule has 1 fully saturated rings. The fourth-order valence-corrected chi connectivity index (χ4v) is 2.52. The van der Waals surface area contributed by atoms with Gasteiger partial charge in [-0.15, -0.1) is 0 Å². The molecule has 2 N–H and O–H groups in total. The number of anilines is 1. The average Bonchev–Trinajstić information content (AvgIpc) is 2.47. The van der Waals surface area contributed by atoms with Crippen molar-refractivity contribution >= 4 is 5.69 Å². The Labute approximate surface area is 122 Å². The van der Waals surface area contributed by atoms with Gasteiger partial charge < -0.3 is 15.3 Å². The minimum atomic E-state index is 0.261. The van der Waals surface area contributed by atoms with Gasteiger partial charge >= 0.3 is 0 Å². The summed E-state index contributed by atoms with van der Waals surface area (Å²) in [6, 6.07) is 9.39. The van der Waals surface area contributed by atoms with Crippen molar-refractivity contribution in [3.8, 4) is 0 Å². The second-order valence-corrected chi connectivity index (χ2v) is 5.75. The van der Waals surface area contributed by atoms with Crippen LogP contribution in [0.3, 0.4) is 0 Å². The van der Waals surface area contributed by atoms with Gasteiger partial charge in [-0.3, -0.25) is 4.90 Å². The van der Waals surface area contributed by atoms with Crippen LogP contribution in [0.4, 0.5) is 5.69 Å². The van der Waals surface area contributed by atoms with Crippen molar-refractivity contribution < 1.29 is 5.11 Å². The van der Waals surface area contributed by atoms with Crippen molar-refractivity contribution in [1.29, 1.82) is 0 Å². The molecule has 1 aliphatic heterocycles. The zero-order chi connectivity index (χ0) is 14.4. The van der Waals surface area contributed by atoms with Crippen molar-refractivity contribution in [2.24, 2.45) is 0 Å². The van der Waals surface area contributed by atoms with Gasteiger partial charge in [0.25, 0.3) is 0 Å². The molecule has 20 heavy (non-hydrogen) atoms. The third-order valence-corrected chi connectivity index (χ3v) is 3.80. The van der Waals surface area contributed by atoms with E-state index in [4.69, 9.17) is 5.11 Å². The van der Waals surface area contributed by atoms with Crippen LogP contribution in [0.1, 0.15) is 19.4 Å². The van der Waals surface area contributed by atoms with Gasteiger partial charge in [0, 0.05) is 51.0 Å². The highest BCUT2D eigenvalue weighted by atomic mass is 16.3. The monoisotopic (exact) mass is 277 g/mol. The lowest BCUT2D eigenvalue weighted by Crippen LogP contribution is -2.47. The Morgan fingerprint density at radius 2 is 1.75 bits per heavy atom. The second-order valence-electron chi connectivity index (χ2n) is 5.75. The quantitative estimate of drug-likeness (QED) is 0.822. The zero-order valence-corrected chi connectivity index (χ0v) is 12.7. The summed E-state index contributed by atoms with van der Waals surface area (Å²) in [7, 11) is 0. The molecule has 0 saturated carbocycles. The Morgan fingerprint density at radius 3 is 2.30 bits per heavy atom. The Bertz CT molecular complexity index is 383. The number of piperazine rings is 1. The minimum Gasteiger partial charge on any atom is -0.395 e. The van der Waals surface area contributed by atoms with Crippen LogP contribution in [0, 0.1) is 0 Å². The largest absolute Gasteiger partial charge is 0.395 e. The summed E-state index contributed by atoms with van der Waals surface area (Å²) in [5.74, 6) is 0. The van der Waals surface area contributed by atoms with E-state index in [2.05, 4.69) is 53.2 Å². The molecular weight excluding hydrogens is 250 g/mol. The van der Waals surface area contributed by atoms with E-state index in [0.717, 1.165) is 39.3 Å². The third kappa shape index (κ3) is 4.47. The summed E-state index contributed by atoms with van der Waals surface area (Å²) < 4.78 is 0. The summed E-state index contributed by atoms with van der Waals surface area (Å²) in [5.41, 5.74) is 2.64. The standard InChI is InChI=1S/C16H27N3O/c1-14(2)17-13-15-3-5-16(6-4-15)19-9-7-18(8-10-19)11-12-20/h3-6,14,17,20H,7-13H2,1-2H3. The molecule has 1 saturated heterocycles. The topological polar surface area (TPSA) is 38.7 Å². The van der Waals surface area contributed by atoms with Gasteiger partial charge in [-0.1, -0.05) is 26.0 Å². The first-order valence-electron chi connectivity index (χ1n) is 7.59. The van der Waals surface area contributed by atoms with Gasteiger partial charge in [0.2, 0.25) is 0 Å². The number of rotatable bonds is 6. The average molecular weight is 277 g/mol. The van der Waals surface area contributed by atoms with Crippen LogP contribution in [-0.2, 0) is 6.54 Å². The summed E-state index contributed by atoms with van der Waals surface area (Å²) in [6.45, 7) is 10.5. The minimum absolute atomic E-state index is 0.261. The summed E-state index contributed by atoms with van der Waals surface area (Å²) in [6.07, 6.45) is 0. The van der Waals surface area contributed by atoms with Crippen LogP contribution >= 0.6 is 0 Å². The molecule has 0 unspecified atom stereocenters. The summed E-state index contributed by atoms with van der Waals surface area (Å²) in [5, 5.41) is 12.4. The van der Waals surface area contributed by atoms with Gasteiger partial charge in [0.1, 0.15) is 0 Å².